The number of aliphatic hydroxyl groups excluding tert-OH is 1. The number of hydrogen-bond acceptors (Lipinski definition) is 4. The van der Waals surface area contributed by atoms with Crippen LogP contribution in [0.15, 0.2) is 47.5 Å². The number of alkyl halides is 1. The molecule has 21 heavy (non-hydrogen) atoms. The first-order valence-electron chi connectivity index (χ1n) is 6.39. The largest absolute Gasteiger partial charge is 0.498 e. The molecule has 0 bridgehead atoms. The number of allylic oxidation sites excluding steroid dienone is 1. The van der Waals surface area contributed by atoms with E-state index in [1.54, 1.807) is 24.7 Å². The van der Waals surface area contributed by atoms with Crippen LogP contribution in [0.2, 0.25) is 0 Å². The van der Waals surface area contributed by atoms with Gasteiger partial charge in [0.1, 0.15) is 6.61 Å². The summed E-state index contributed by atoms with van der Waals surface area (Å²) < 4.78 is 5.23. The van der Waals surface area contributed by atoms with Crippen LogP contribution in [0, 0.1) is 0 Å². The third-order valence-electron chi connectivity index (χ3n) is 2.52. The van der Waals surface area contributed by atoms with Gasteiger partial charge >= 0.3 is 0 Å². The van der Waals surface area contributed by atoms with E-state index in [0.29, 0.717) is 25.3 Å². The Hall–Kier alpha value is -1.43. The summed E-state index contributed by atoms with van der Waals surface area (Å²) in [6, 6.07) is 0. The van der Waals surface area contributed by atoms with Crippen LogP contribution < -0.4 is 5.32 Å². The maximum absolute atomic E-state index is 12.5. The quantitative estimate of drug-likeness (QED) is 0.467. The predicted molar refractivity (Wildman–Crippen MR) is 83.8 cm³/mol. The lowest BCUT2D eigenvalue weighted by Crippen LogP contribution is -2.30. The lowest BCUT2D eigenvalue weighted by atomic mass is 10.2. The van der Waals surface area contributed by atoms with E-state index in [1.807, 2.05) is 6.08 Å². The molecule has 0 radical (unpaired) electrons. The van der Waals surface area contributed by atoms with Crippen LogP contribution in [0.3, 0.4) is 0 Å². The monoisotopic (exact) mass is 332 g/mol. The van der Waals surface area contributed by atoms with Crippen molar-refractivity contribution in [3.63, 3.8) is 0 Å². The number of carbonyl (C=O) groups is 1. The lowest BCUT2D eigenvalue weighted by molar-refractivity contribution is -0.124. The molecule has 0 atom stereocenters. The molecule has 116 valence electrons. The van der Waals surface area contributed by atoms with Crippen molar-refractivity contribution in [3.8, 4) is 0 Å². The molecular formula is C14H18Cl2N2O3. The molecule has 0 aromatic heterocycles. The Morgan fingerprint density at radius 2 is 2.33 bits per heavy atom. The molecule has 0 saturated carbocycles. The summed E-state index contributed by atoms with van der Waals surface area (Å²) in [6.07, 6.45) is 9.71. The fraction of sp³-hybridized carbons (Fsp3) is 0.357. The minimum atomic E-state index is -0.331. The van der Waals surface area contributed by atoms with E-state index < -0.39 is 0 Å². The van der Waals surface area contributed by atoms with Crippen molar-refractivity contribution in [3.05, 3.63) is 47.5 Å². The average Bonchev–Trinajstić information content (AvgIpc) is 2.51. The molecule has 0 spiro atoms. The Bertz CT molecular complexity index is 459. The van der Waals surface area contributed by atoms with Crippen LogP contribution in [0.1, 0.15) is 0 Å². The van der Waals surface area contributed by atoms with E-state index in [4.69, 9.17) is 33.0 Å². The summed E-state index contributed by atoms with van der Waals surface area (Å²) in [5, 5.41) is 12.1. The highest BCUT2D eigenvalue weighted by Crippen LogP contribution is 2.11. The first-order chi connectivity index (χ1) is 10.2. The van der Waals surface area contributed by atoms with Crippen LogP contribution in [0.4, 0.5) is 0 Å². The molecule has 1 aliphatic rings. The fourth-order valence-corrected chi connectivity index (χ4v) is 1.83. The lowest BCUT2D eigenvalue weighted by Gasteiger charge is -2.19. The molecule has 0 aliphatic carbocycles. The molecule has 1 heterocycles. The summed E-state index contributed by atoms with van der Waals surface area (Å²) in [4.78, 5) is 14.0. The van der Waals surface area contributed by atoms with Gasteiger partial charge in [0.05, 0.1) is 19.4 Å². The summed E-state index contributed by atoms with van der Waals surface area (Å²) in [5.74, 6) is -0.0856. The van der Waals surface area contributed by atoms with E-state index in [9.17, 15) is 4.79 Å². The van der Waals surface area contributed by atoms with Gasteiger partial charge in [-0.15, -0.1) is 11.6 Å². The van der Waals surface area contributed by atoms with Crippen LogP contribution in [-0.4, -0.2) is 48.1 Å². The number of hydrogen-bond donors (Lipinski definition) is 2. The third-order valence-corrected chi connectivity index (χ3v) is 2.90. The van der Waals surface area contributed by atoms with E-state index in [-0.39, 0.29) is 23.4 Å². The standard InChI is InChI=1S/C14H18Cl2N2O3/c15-3-2-12(10-13(16)11-19)14(20)18-6-1-4-17-5-8-21-9-7-18/h1-2,5-6,8,10,17,19H,3-4,7,9,11H2/b6-1+,8-5+,12-2+,13-10+. The molecule has 1 rings (SSSR count). The highest BCUT2D eigenvalue weighted by atomic mass is 35.5. The number of halogens is 2. The van der Waals surface area contributed by atoms with E-state index >= 15 is 0 Å². The molecule has 1 amide bonds. The molecule has 0 saturated heterocycles. The van der Waals surface area contributed by atoms with Crippen LogP contribution >= 0.6 is 23.2 Å². The molecule has 1 aliphatic heterocycles. The number of carbonyl (C=O) groups excluding carboxylic acids is 1. The van der Waals surface area contributed by atoms with Gasteiger partial charge in [0.15, 0.2) is 0 Å². The smallest absolute Gasteiger partial charge is 0.257 e. The molecule has 5 nitrogen and oxygen atoms in total. The predicted octanol–water partition coefficient (Wildman–Crippen LogP) is 1.70. The molecule has 2 N–H and O–H groups in total. The van der Waals surface area contributed by atoms with Crippen molar-refractivity contribution in [1.82, 2.24) is 10.2 Å². The van der Waals surface area contributed by atoms with Gasteiger partial charge in [-0.2, -0.15) is 0 Å². The summed E-state index contributed by atoms with van der Waals surface area (Å²) in [7, 11) is 0. The maximum atomic E-state index is 12.5. The van der Waals surface area contributed by atoms with Gasteiger partial charge in [0.25, 0.3) is 5.91 Å². The molecule has 0 aromatic carbocycles. The van der Waals surface area contributed by atoms with E-state index in [2.05, 4.69) is 5.32 Å². The number of nitrogens with zero attached hydrogens (tertiary/aromatic N) is 1. The number of nitrogens with one attached hydrogen (secondary N) is 1. The van der Waals surface area contributed by atoms with Crippen LogP contribution in [0.25, 0.3) is 0 Å². The molecular weight excluding hydrogens is 315 g/mol. The van der Waals surface area contributed by atoms with Gasteiger partial charge in [0, 0.05) is 35.4 Å². The van der Waals surface area contributed by atoms with Crippen molar-refractivity contribution in [2.45, 2.75) is 0 Å². The van der Waals surface area contributed by atoms with Crippen LogP contribution in [-0.2, 0) is 9.53 Å². The molecule has 7 heteroatoms. The molecule has 0 fully saturated rings. The topological polar surface area (TPSA) is 61.8 Å². The third kappa shape index (κ3) is 6.71. The second-order valence-electron chi connectivity index (χ2n) is 4.03. The Balaban J connectivity index is 2.87. The Morgan fingerprint density at radius 3 is 3.05 bits per heavy atom. The number of rotatable bonds is 4. The van der Waals surface area contributed by atoms with Crippen molar-refractivity contribution >= 4 is 29.1 Å². The first-order valence-corrected chi connectivity index (χ1v) is 7.31. The number of aliphatic hydroxyl groups is 1. The zero-order chi connectivity index (χ0) is 15.5. The molecule has 0 aromatic rings. The zero-order valence-corrected chi connectivity index (χ0v) is 13.0. The SMILES string of the molecule is O=C(C(/C=C(/Cl)CO)=C/CCl)N1/C=C/CN/C=C/OCC1. The van der Waals surface area contributed by atoms with Crippen molar-refractivity contribution < 1.29 is 14.6 Å². The summed E-state index contributed by atoms with van der Waals surface area (Å²) in [6.45, 7) is 0.997. The van der Waals surface area contributed by atoms with Crippen molar-refractivity contribution in [1.29, 1.82) is 0 Å². The fourth-order valence-electron chi connectivity index (χ4n) is 1.55. The minimum absolute atomic E-state index is 0.172. The highest BCUT2D eigenvalue weighted by Gasteiger charge is 2.15. The van der Waals surface area contributed by atoms with Crippen molar-refractivity contribution in [2.24, 2.45) is 0 Å². The average molecular weight is 333 g/mol. The second-order valence-corrected chi connectivity index (χ2v) is 4.82. The van der Waals surface area contributed by atoms with Gasteiger partial charge < -0.3 is 20.1 Å². The van der Waals surface area contributed by atoms with Gasteiger partial charge in [-0.25, -0.2) is 0 Å². The van der Waals surface area contributed by atoms with Crippen molar-refractivity contribution in [2.75, 3.05) is 32.2 Å². The van der Waals surface area contributed by atoms with Gasteiger partial charge in [-0.05, 0) is 12.2 Å². The Morgan fingerprint density at radius 1 is 1.52 bits per heavy atom. The summed E-state index contributed by atoms with van der Waals surface area (Å²) >= 11 is 11.4. The van der Waals surface area contributed by atoms with Gasteiger partial charge in [-0.1, -0.05) is 17.7 Å². The number of amides is 1. The zero-order valence-electron chi connectivity index (χ0n) is 11.5. The molecule has 0 unspecified atom stereocenters. The Labute approximate surface area is 134 Å². The Kier molecular flexibility index (Phi) is 8.66. The van der Waals surface area contributed by atoms with E-state index in [1.165, 1.54) is 11.0 Å². The van der Waals surface area contributed by atoms with Crippen LogP contribution in [0.5, 0.6) is 0 Å². The highest BCUT2D eigenvalue weighted by molar-refractivity contribution is 6.30. The second kappa shape index (κ2) is 10.3. The van der Waals surface area contributed by atoms with Gasteiger partial charge in [0.2, 0.25) is 0 Å². The van der Waals surface area contributed by atoms with E-state index in [0.717, 1.165) is 0 Å². The van der Waals surface area contributed by atoms with Gasteiger partial charge in [-0.3, -0.25) is 4.79 Å². The first kappa shape index (κ1) is 17.6. The number of ether oxygens (including phenoxy) is 1. The maximum Gasteiger partial charge on any atom is 0.257 e. The summed E-state index contributed by atoms with van der Waals surface area (Å²) in [5.41, 5.74) is 0.328. The normalized spacial score (nSPS) is 20.2. The minimum Gasteiger partial charge on any atom is -0.498 e.